The van der Waals surface area contributed by atoms with Crippen LogP contribution in [0.2, 0.25) is 0 Å². The molecular formula is C15H21BrN2O2. The number of halogens is 1. The first-order valence-electron chi connectivity index (χ1n) is 6.97. The molecule has 0 heterocycles. The maximum atomic E-state index is 11.2. The van der Waals surface area contributed by atoms with Gasteiger partial charge in [0.2, 0.25) is 0 Å². The zero-order chi connectivity index (χ0) is 14.9. The number of nitro groups is 1. The molecule has 0 bridgehead atoms. The Kier molecular flexibility index (Phi) is 4.37. The van der Waals surface area contributed by atoms with Gasteiger partial charge in [0, 0.05) is 16.6 Å². The minimum atomic E-state index is -0.329. The molecule has 0 aliphatic heterocycles. The van der Waals surface area contributed by atoms with Gasteiger partial charge < -0.3 is 5.32 Å². The average molecular weight is 341 g/mol. The summed E-state index contributed by atoms with van der Waals surface area (Å²) in [5.41, 5.74) is 1.04. The van der Waals surface area contributed by atoms with Crippen LogP contribution in [0.25, 0.3) is 0 Å². The molecule has 0 spiro atoms. The summed E-state index contributed by atoms with van der Waals surface area (Å²) in [6.07, 6.45) is 3.33. The number of anilines is 1. The molecule has 0 aromatic heterocycles. The van der Waals surface area contributed by atoms with Crippen molar-refractivity contribution in [3.05, 3.63) is 32.8 Å². The van der Waals surface area contributed by atoms with Crippen molar-refractivity contribution in [1.82, 2.24) is 0 Å². The van der Waals surface area contributed by atoms with Crippen LogP contribution in [0.4, 0.5) is 11.4 Å². The molecule has 1 aromatic rings. The first-order chi connectivity index (χ1) is 9.27. The smallest absolute Gasteiger partial charge is 0.293 e. The Morgan fingerprint density at radius 3 is 2.70 bits per heavy atom. The molecule has 20 heavy (non-hydrogen) atoms. The van der Waals surface area contributed by atoms with E-state index in [4.69, 9.17) is 0 Å². The minimum Gasteiger partial charge on any atom is -0.377 e. The summed E-state index contributed by atoms with van der Waals surface area (Å²) in [6.45, 7) is 6.80. The second-order valence-corrected chi connectivity index (χ2v) is 7.59. The van der Waals surface area contributed by atoms with E-state index in [0.717, 1.165) is 17.3 Å². The first-order valence-corrected chi connectivity index (χ1v) is 7.76. The molecule has 1 aromatic carbocycles. The normalized spacial score (nSPS) is 25.2. The topological polar surface area (TPSA) is 55.2 Å². The first kappa shape index (κ1) is 15.3. The predicted molar refractivity (Wildman–Crippen MR) is 85.0 cm³/mol. The molecule has 1 N–H and O–H groups in total. The molecule has 0 amide bonds. The van der Waals surface area contributed by atoms with Crippen LogP contribution in [0.5, 0.6) is 0 Å². The number of rotatable bonds is 3. The van der Waals surface area contributed by atoms with Gasteiger partial charge in [0.25, 0.3) is 5.69 Å². The number of nitrogens with zero attached hydrogens (tertiary/aromatic N) is 1. The van der Waals surface area contributed by atoms with Crippen molar-refractivity contribution >= 4 is 27.3 Å². The summed E-state index contributed by atoms with van der Waals surface area (Å²) in [6, 6.07) is 5.48. The van der Waals surface area contributed by atoms with Crippen LogP contribution >= 0.6 is 15.9 Å². The molecule has 2 atom stereocenters. The van der Waals surface area contributed by atoms with E-state index in [1.807, 2.05) is 6.07 Å². The van der Waals surface area contributed by atoms with E-state index < -0.39 is 0 Å². The number of nitro benzene ring substituents is 1. The van der Waals surface area contributed by atoms with E-state index in [2.05, 4.69) is 42.0 Å². The lowest BCUT2D eigenvalue weighted by atomic mass is 9.70. The highest BCUT2D eigenvalue weighted by atomic mass is 79.9. The van der Waals surface area contributed by atoms with Crippen molar-refractivity contribution in [1.29, 1.82) is 0 Å². The Morgan fingerprint density at radius 1 is 1.40 bits per heavy atom. The lowest BCUT2D eigenvalue weighted by Crippen LogP contribution is -2.35. The second kappa shape index (κ2) is 5.72. The van der Waals surface area contributed by atoms with Crippen molar-refractivity contribution < 1.29 is 4.92 Å². The Hall–Kier alpha value is -1.10. The number of benzene rings is 1. The van der Waals surface area contributed by atoms with Crippen molar-refractivity contribution in [2.75, 3.05) is 5.32 Å². The third kappa shape index (κ3) is 3.72. The largest absolute Gasteiger partial charge is 0.377 e. The number of nitrogens with one attached hydrogen (secondary N) is 1. The quantitative estimate of drug-likeness (QED) is 0.623. The molecule has 1 aliphatic carbocycles. The van der Waals surface area contributed by atoms with Crippen molar-refractivity contribution in [2.45, 2.75) is 46.1 Å². The van der Waals surface area contributed by atoms with Gasteiger partial charge in [0.15, 0.2) is 0 Å². The lowest BCUT2D eigenvalue weighted by molar-refractivity contribution is -0.384. The monoisotopic (exact) mass is 340 g/mol. The fourth-order valence-corrected chi connectivity index (χ4v) is 3.80. The van der Waals surface area contributed by atoms with Crippen LogP contribution in [0.3, 0.4) is 0 Å². The highest BCUT2D eigenvalue weighted by Gasteiger charge is 2.32. The van der Waals surface area contributed by atoms with Crippen molar-refractivity contribution in [2.24, 2.45) is 11.3 Å². The average Bonchev–Trinajstić information content (AvgIpc) is 2.28. The van der Waals surface area contributed by atoms with E-state index in [1.165, 1.54) is 6.42 Å². The summed E-state index contributed by atoms with van der Waals surface area (Å²) in [7, 11) is 0. The van der Waals surface area contributed by atoms with Gasteiger partial charge >= 0.3 is 0 Å². The van der Waals surface area contributed by atoms with E-state index >= 15 is 0 Å². The van der Waals surface area contributed by atoms with Gasteiger partial charge in [-0.05, 0) is 42.7 Å². The highest BCUT2D eigenvalue weighted by Crippen LogP contribution is 2.40. The fraction of sp³-hybridized carbons (Fsp3) is 0.600. The molecule has 1 saturated carbocycles. The van der Waals surface area contributed by atoms with Gasteiger partial charge in [0.05, 0.1) is 4.92 Å². The van der Waals surface area contributed by atoms with Crippen molar-refractivity contribution in [3.8, 4) is 0 Å². The number of hydrogen-bond acceptors (Lipinski definition) is 3. The second-order valence-electron chi connectivity index (χ2n) is 6.67. The van der Waals surface area contributed by atoms with Gasteiger partial charge in [-0.3, -0.25) is 10.1 Å². The third-order valence-corrected chi connectivity index (χ3v) is 4.40. The van der Waals surface area contributed by atoms with Crippen LogP contribution in [-0.4, -0.2) is 11.0 Å². The molecule has 1 aliphatic rings. The van der Waals surface area contributed by atoms with Gasteiger partial charge in [-0.15, -0.1) is 0 Å². The number of hydrogen-bond donors (Lipinski definition) is 1. The van der Waals surface area contributed by atoms with Gasteiger partial charge in [0.1, 0.15) is 5.69 Å². The highest BCUT2D eigenvalue weighted by molar-refractivity contribution is 9.10. The molecule has 1 fully saturated rings. The predicted octanol–water partition coefficient (Wildman–Crippen LogP) is 4.98. The zero-order valence-electron chi connectivity index (χ0n) is 12.1. The molecule has 0 saturated heterocycles. The minimum absolute atomic E-state index is 0.135. The van der Waals surface area contributed by atoms with Gasteiger partial charge in [-0.1, -0.05) is 36.7 Å². The summed E-state index contributed by atoms with van der Waals surface area (Å²) < 4.78 is 0.729. The van der Waals surface area contributed by atoms with Crippen LogP contribution < -0.4 is 5.32 Å². The van der Waals surface area contributed by atoms with E-state index in [1.54, 1.807) is 12.1 Å². The maximum Gasteiger partial charge on any atom is 0.293 e. The summed E-state index contributed by atoms with van der Waals surface area (Å²) in [5.74, 6) is 0.644. The SMILES string of the molecule is CC1CC(Nc2ccc(Br)cc2[N+](=O)[O-])CC(C)(C)C1. The van der Waals surface area contributed by atoms with E-state index in [9.17, 15) is 10.1 Å². The Bertz CT molecular complexity index is 517. The van der Waals surface area contributed by atoms with Crippen LogP contribution in [0.1, 0.15) is 40.0 Å². The Labute approximate surface area is 128 Å². The molecule has 0 radical (unpaired) electrons. The Balaban J connectivity index is 2.19. The molecule has 110 valence electrons. The zero-order valence-corrected chi connectivity index (χ0v) is 13.7. The van der Waals surface area contributed by atoms with Gasteiger partial charge in [-0.2, -0.15) is 0 Å². The Morgan fingerprint density at radius 2 is 2.10 bits per heavy atom. The molecule has 5 heteroatoms. The fourth-order valence-electron chi connectivity index (χ4n) is 3.45. The standard InChI is InChI=1S/C15H21BrN2O2/c1-10-6-12(9-15(2,3)8-10)17-13-5-4-11(16)7-14(13)18(19)20/h4-5,7,10,12,17H,6,8-9H2,1-3H3. The lowest BCUT2D eigenvalue weighted by Gasteiger charge is -2.39. The summed E-state index contributed by atoms with van der Waals surface area (Å²) >= 11 is 3.29. The van der Waals surface area contributed by atoms with Crippen LogP contribution in [0, 0.1) is 21.4 Å². The maximum absolute atomic E-state index is 11.2. The third-order valence-electron chi connectivity index (χ3n) is 3.90. The van der Waals surface area contributed by atoms with Crippen LogP contribution in [-0.2, 0) is 0 Å². The molecule has 2 unspecified atom stereocenters. The molecular weight excluding hydrogens is 320 g/mol. The van der Waals surface area contributed by atoms with E-state index in [0.29, 0.717) is 23.1 Å². The molecule has 2 rings (SSSR count). The summed E-state index contributed by atoms with van der Waals surface area (Å²) in [5, 5.41) is 14.5. The van der Waals surface area contributed by atoms with Crippen LogP contribution in [0.15, 0.2) is 22.7 Å². The van der Waals surface area contributed by atoms with Crippen molar-refractivity contribution in [3.63, 3.8) is 0 Å². The summed E-state index contributed by atoms with van der Waals surface area (Å²) in [4.78, 5) is 10.8. The van der Waals surface area contributed by atoms with E-state index in [-0.39, 0.29) is 10.6 Å². The molecule has 4 nitrogen and oxygen atoms in total. The van der Waals surface area contributed by atoms with Gasteiger partial charge in [-0.25, -0.2) is 0 Å².